The van der Waals surface area contributed by atoms with Crippen LogP contribution < -0.4 is 5.32 Å². The summed E-state index contributed by atoms with van der Waals surface area (Å²) >= 11 is 0. The molecule has 6 heteroatoms. The number of aromatic nitrogens is 3. The molecule has 1 aromatic carbocycles. The van der Waals surface area contributed by atoms with E-state index in [1.54, 1.807) is 29.9 Å². The topological polar surface area (TPSA) is 80.0 Å². The lowest BCUT2D eigenvalue weighted by molar-refractivity contribution is -0.120. The van der Waals surface area contributed by atoms with E-state index in [0.29, 0.717) is 11.3 Å². The Morgan fingerprint density at radius 3 is 2.75 bits per heavy atom. The molecule has 0 aliphatic rings. The van der Waals surface area contributed by atoms with Crippen molar-refractivity contribution in [2.75, 3.05) is 5.32 Å². The molecule has 0 radical (unpaired) electrons. The van der Waals surface area contributed by atoms with Crippen molar-refractivity contribution in [1.82, 2.24) is 14.8 Å². The van der Waals surface area contributed by atoms with Gasteiger partial charge in [-0.2, -0.15) is 5.10 Å². The van der Waals surface area contributed by atoms with E-state index in [1.165, 1.54) is 0 Å². The summed E-state index contributed by atoms with van der Waals surface area (Å²) < 4.78 is 1.70. The van der Waals surface area contributed by atoms with Gasteiger partial charge < -0.3 is 10.4 Å². The van der Waals surface area contributed by atoms with Crippen molar-refractivity contribution in [2.24, 2.45) is 7.05 Å². The molecule has 1 atom stereocenters. The zero-order chi connectivity index (χ0) is 17.3. The van der Waals surface area contributed by atoms with Gasteiger partial charge in [-0.1, -0.05) is 30.3 Å². The minimum Gasteiger partial charge on any atom is -0.385 e. The van der Waals surface area contributed by atoms with E-state index in [9.17, 15) is 9.90 Å². The molecule has 2 heterocycles. The number of aryl methyl sites for hydroxylation is 2. The summed E-state index contributed by atoms with van der Waals surface area (Å²) in [5.41, 5.74) is 1.69. The van der Waals surface area contributed by atoms with Crippen LogP contribution >= 0.6 is 0 Å². The number of carbonyl (C=O) groups excluding carboxylic acids is 1. The van der Waals surface area contributed by atoms with Crippen molar-refractivity contribution in [3.8, 4) is 0 Å². The van der Waals surface area contributed by atoms with Gasteiger partial charge in [-0.05, 0) is 25.5 Å². The molecule has 24 heavy (non-hydrogen) atoms. The van der Waals surface area contributed by atoms with Crippen LogP contribution in [0.3, 0.4) is 0 Å². The van der Waals surface area contributed by atoms with Crippen molar-refractivity contribution in [3.05, 3.63) is 53.9 Å². The Hall–Kier alpha value is -2.73. The number of nitrogens with zero attached hydrogens (tertiary/aromatic N) is 3. The molecule has 0 saturated carbocycles. The SMILES string of the molecule is Cc1nn(C)c2ncc(NC(=O)CC(C)(O)c3ccccc3)cc12. The van der Waals surface area contributed by atoms with E-state index in [4.69, 9.17) is 0 Å². The third kappa shape index (κ3) is 3.14. The third-order valence-corrected chi connectivity index (χ3v) is 4.05. The molecule has 0 aliphatic heterocycles. The first kappa shape index (κ1) is 16.1. The molecule has 1 unspecified atom stereocenters. The van der Waals surface area contributed by atoms with Crippen molar-refractivity contribution < 1.29 is 9.90 Å². The maximum Gasteiger partial charge on any atom is 0.227 e. The van der Waals surface area contributed by atoms with Gasteiger partial charge in [0.15, 0.2) is 5.65 Å². The molecule has 124 valence electrons. The number of anilines is 1. The third-order valence-electron chi connectivity index (χ3n) is 4.05. The van der Waals surface area contributed by atoms with Crippen LogP contribution in [0.4, 0.5) is 5.69 Å². The second-order valence-corrected chi connectivity index (χ2v) is 6.17. The zero-order valence-electron chi connectivity index (χ0n) is 13.9. The first-order chi connectivity index (χ1) is 11.4. The Morgan fingerprint density at radius 2 is 2.04 bits per heavy atom. The maximum atomic E-state index is 12.3. The minimum atomic E-state index is -1.23. The number of aliphatic hydroxyl groups is 1. The Bertz CT molecular complexity index is 885. The lowest BCUT2D eigenvalue weighted by Gasteiger charge is -2.23. The first-order valence-corrected chi connectivity index (χ1v) is 7.74. The number of hydrogen-bond acceptors (Lipinski definition) is 4. The number of benzene rings is 1. The highest BCUT2D eigenvalue weighted by Crippen LogP contribution is 2.25. The molecule has 0 aliphatic carbocycles. The highest BCUT2D eigenvalue weighted by atomic mass is 16.3. The van der Waals surface area contributed by atoms with E-state index >= 15 is 0 Å². The summed E-state index contributed by atoms with van der Waals surface area (Å²) in [6, 6.07) is 11.0. The van der Waals surface area contributed by atoms with Gasteiger partial charge in [0.05, 0.1) is 29.6 Å². The highest BCUT2D eigenvalue weighted by Gasteiger charge is 2.26. The summed E-state index contributed by atoms with van der Waals surface area (Å²) in [4.78, 5) is 16.6. The van der Waals surface area contributed by atoms with E-state index in [-0.39, 0.29) is 12.3 Å². The second kappa shape index (κ2) is 6.05. The smallest absolute Gasteiger partial charge is 0.227 e. The predicted octanol–water partition coefficient (Wildman–Crippen LogP) is 2.51. The fourth-order valence-electron chi connectivity index (χ4n) is 2.79. The number of hydrogen-bond donors (Lipinski definition) is 2. The largest absolute Gasteiger partial charge is 0.385 e. The molecule has 0 bridgehead atoms. The van der Waals surface area contributed by atoms with Gasteiger partial charge in [0.2, 0.25) is 5.91 Å². The molecule has 6 nitrogen and oxygen atoms in total. The Morgan fingerprint density at radius 1 is 1.33 bits per heavy atom. The van der Waals surface area contributed by atoms with E-state index < -0.39 is 5.60 Å². The van der Waals surface area contributed by atoms with Crippen molar-refractivity contribution in [3.63, 3.8) is 0 Å². The van der Waals surface area contributed by atoms with Crippen LogP contribution in [0.2, 0.25) is 0 Å². The van der Waals surface area contributed by atoms with Crippen molar-refractivity contribution in [1.29, 1.82) is 0 Å². The van der Waals surface area contributed by atoms with Gasteiger partial charge >= 0.3 is 0 Å². The summed E-state index contributed by atoms with van der Waals surface area (Å²) in [6.45, 7) is 3.53. The van der Waals surface area contributed by atoms with Crippen molar-refractivity contribution >= 4 is 22.6 Å². The summed E-state index contributed by atoms with van der Waals surface area (Å²) in [5.74, 6) is -0.272. The van der Waals surface area contributed by atoms with Gasteiger partial charge in [0.25, 0.3) is 0 Å². The van der Waals surface area contributed by atoms with E-state index in [1.807, 2.05) is 38.2 Å². The summed E-state index contributed by atoms with van der Waals surface area (Å²) in [6.07, 6.45) is 1.56. The van der Waals surface area contributed by atoms with Gasteiger partial charge in [0, 0.05) is 12.4 Å². The number of fused-ring (bicyclic) bond motifs is 1. The zero-order valence-corrected chi connectivity index (χ0v) is 13.9. The van der Waals surface area contributed by atoms with E-state index in [2.05, 4.69) is 15.4 Å². The van der Waals surface area contributed by atoms with Crippen molar-refractivity contribution in [2.45, 2.75) is 25.9 Å². The lowest BCUT2D eigenvalue weighted by Crippen LogP contribution is -2.28. The molecule has 2 aromatic heterocycles. The normalized spacial score (nSPS) is 13.7. The Balaban J connectivity index is 1.76. The first-order valence-electron chi connectivity index (χ1n) is 7.74. The number of pyridine rings is 1. The Kier molecular flexibility index (Phi) is 4.07. The van der Waals surface area contributed by atoms with Crippen LogP contribution in [-0.2, 0) is 17.4 Å². The maximum absolute atomic E-state index is 12.3. The van der Waals surface area contributed by atoms with Crippen LogP contribution in [0.1, 0.15) is 24.6 Å². The van der Waals surface area contributed by atoms with Gasteiger partial charge in [-0.15, -0.1) is 0 Å². The van der Waals surface area contributed by atoms with E-state index in [0.717, 1.165) is 16.7 Å². The number of rotatable bonds is 4. The molecule has 3 rings (SSSR count). The van der Waals surface area contributed by atoms with Crippen LogP contribution in [0.15, 0.2) is 42.6 Å². The monoisotopic (exact) mass is 324 g/mol. The molecule has 3 aromatic rings. The molecule has 0 saturated heterocycles. The molecule has 1 amide bonds. The fourth-order valence-corrected chi connectivity index (χ4v) is 2.79. The fraction of sp³-hybridized carbons (Fsp3) is 0.278. The molecule has 2 N–H and O–H groups in total. The summed E-state index contributed by atoms with van der Waals surface area (Å²) in [7, 11) is 1.83. The average molecular weight is 324 g/mol. The number of nitrogens with one attached hydrogen (secondary N) is 1. The predicted molar refractivity (Wildman–Crippen MR) is 92.5 cm³/mol. The molecular weight excluding hydrogens is 304 g/mol. The van der Waals surface area contributed by atoms with Crippen LogP contribution in [0, 0.1) is 6.92 Å². The number of carbonyl (C=O) groups is 1. The van der Waals surface area contributed by atoms with Crippen LogP contribution in [0.25, 0.3) is 11.0 Å². The molecule has 0 spiro atoms. The van der Waals surface area contributed by atoms with Gasteiger partial charge in [-0.25, -0.2) is 4.98 Å². The lowest BCUT2D eigenvalue weighted by atomic mass is 9.92. The minimum absolute atomic E-state index is 0.0406. The highest BCUT2D eigenvalue weighted by molar-refractivity contribution is 5.93. The van der Waals surface area contributed by atoms with Gasteiger partial charge in [-0.3, -0.25) is 9.48 Å². The standard InChI is InChI=1S/C18H20N4O2/c1-12-15-9-14(11-19-17(15)22(3)21-12)20-16(23)10-18(2,24)13-7-5-4-6-8-13/h4-9,11,24H,10H2,1-3H3,(H,20,23). The quantitative estimate of drug-likeness (QED) is 0.773. The Labute approximate surface area is 140 Å². The second-order valence-electron chi connectivity index (χ2n) is 6.17. The van der Waals surface area contributed by atoms with Crippen LogP contribution in [-0.4, -0.2) is 25.8 Å². The molecular formula is C18H20N4O2. The average Bonchev–Trinajstić information content (AvgIpc) is 2.82. The number of amides is 1. The molecule has 0 fully saturated rings. The summed E-state index contributed by atoms with van der Waals surface area (Å²) in [5, 5.41) is 18.6. The van der Waals surface area contributed by atoms with Gasteiger partial charge in [0.1, 0.15) is 0 Å². The van der Waals surface area contributed by atoms with Crippen LogP contribution in [0.5, 0.6) is 0 Å².